The Balaban J connectivity index is 2.40. The molecule has 0 saturated carbocycles. The maximum Gasteiger partial charge on any atom is 0.268 e. The number of nitrogens with zero attached hydrogens (tertiary/aromatic N) is 2. The zero-order chi connectivity index (χ0) is 15.9. The van der Waals surface area contributed by atoms with E-state index < -0.39 is 0 Å². The Morgan fingerprint density at radius 3 is 2.41 bits per heavy atom. The zero-order valence-corrected chi connectivity index (χ0v) is 13.3. The third-order valence-electron chi connectivity index (χ3n) is 3.88. The number of hydrogen-bond donors (Lipinski definition) is 0. The smallest absolute Gasteiger partial charge is 0.268 e. The van der Waals surface area contributed by atoms with E-state index in [1.54, 1.807) is 10.6 Å². The topological polar surface area (TPSA) is 45.8 Å². The lowest BCUT2D eigenvalue weighted by molar-refractivity contribution is 0.573. The molecule has 3 nitrogen and oxygen atoms in total. The van der Waals surface area contributed by atoms with Crippen LogP contribution in [-0.4, -0.2) is 4.57 Å². The number of rotatable bonds is 6. The highest BCUT2D eigenvalue weighted by Crippen LogP contribution is 2.19. The molecule has 0 atom stereocenters. The molecule has 0 aliphatic heterocycles. The van der Waals surface area contributed by atoms with Gasteiger partial charge in [-0.3, -0.25) is 4.79 Å². The number of aromatic nitrogens is 1. The fourth-order valence-electron chi connectivity index (χ4n) is 2.56. The summed E-state index contributed by atoms with van der Waals surface area (Å²) in [7, 11) is 0. The zero-order valence-electron chi connectivity index (χ0n) is 13.3. The van der Waals surface area contributed by atoms with Gasteiger partial charge in [0.2, 0.25) is 0 Å². The Bertz CT molecular complexity index is 721. The van der Waals surface area contributed by atoms with Crippen molar-refractivity contribution in [2.75, 3.05) is 0 Å². The molecule has 3 heteroatoms. The predicted octanol–water partition coefficient (Wildman–Crippen LogP) is 4.28. The number of aryl methyl sites for hydroxylation is 1. The molecule has 1 heterocycles. The highest BCUT2D eigenvalue weighted by molar-refractivity contribution is 5.60. The average molecular weight is 294 g/mol. The summed E-state index contributed by atoms with van der Waals surface area (Å²) in [5.41, 5.74) is 3.13. The van der Waals surface area contributed by atoms with Crippen LogP contribution in [0.25, 0.3) is 11.3 Å². The largest absolute Gasteiger partial charge is 0.307 e. The fourth-order valence-corrected chi connectivity index (χ4v) is 2.56. The van der Waals surface area contributed by atoms with Gasteiger partial charge in [0.1, 0.15) is 11.6 Å². The Labute approximate surface area is 131 Å². The number of unbranched alkanes of at least 4 members (excludes halogenated alkanes) is 3. The van der Waals surface area contributed by atoms with Gasteiger partial charge in [-0.05, 0) is 31.0 Å². The number of benzene rings is 1. The molecule has 0 radical (unpaired) electrons. The molecule has 2 aromatic rings. The van der Waals surface area contributed by atoms with Crippen molar-refractivity contribution >= 4 is 0 Å². The average Bonchev–Trinajstić information content (AvgIpc) is 2.53. The lowest BCUT2D eigenvalue weighted by Crippen LogP contribution is -2.24. The summed E-state index contributed by atoms with van der Waals surface area (Å²) in [6.07, 6.45) is 4.40. The summed E-state index contributed by atoms with van der Waals surface area (Å²) < 4.78 is 1.75. The quantitative estimate of drug-likeness (QED) is 0.747. The van der Waals surface area contributed by atoms with E-state index in [-0.39, 0.29) is 11.1 Å². The Kier molecular flexibility index (Phi) is 5.55. The molecule has 0 saturated heterocycles. The normalized spacial score (nSPS) is 10.4. The third kappa shape index (κ3) is 3.65. The van der Waals surface area contributed by atoms with Gasteiger partial charge >= 0.3 is 0 Å². The summed E-state index contributed by atoms with van der Waals surface area (Å²) in [4.78, 5) is 12.5. The van der Waals surface area contributed by atoms with Gasteiger partial charge in [-0.15, -0.1) is 0 Å². The van der Waals surface area contributed by atoms with Crippen molar-refractivity contribution < 1.29 is 0 Å². The van der Waals surface area contributed by atoms with Crippen LogP contribution >= 0.6 is 0 Å². The van der Waals surface area contributed by atoms with Gasteiger partial charge in [-0.1, -0.05) is 56.0 Å². The van der Waals surface area contributed by atoms with Crippen molar-refractivity contribution in [1.82, 2.24) is 4.57 Å². The van der Waals surface area contributed by atoms with Gasteiger partial charge < -0.3 is 4.57 Å². The van der Waals surface area contributed by atoms with Crippen LogP contribution in [0.5, 0.6) is 0 Å². The van der Waals surface area contributed by atoms with Crippen molar-refractivity contribution in [3.63, 3.8) is 0 Å². The van der Waals surface area contributed by atoms with Crippen LogP contribution in [0.2, 0.25) is 0 Å². The van der Waals surface area contributed by atoms with Crippen molar-refractivity contribution in [1.29, 1.82) is 5.26 Å². The molecule has 1 aromatic heterocycles. The summed E-state index contributed by atoms with van der Waals surface area (Å²) in [5, 5.41) is 9.09. The lowest BCUT2D eigenvalue weighted by atomic mass is 10.1. The van der Waals surface area contributed by atoms with Crippen LogP contribution in [-0.2, 0) is 6.54 Å². The summed E-state index contributed by atoms with van der Waals surface area (Å²) in [6, 6.07) is 13.6. The first-order valence-corrected chi connectivity index (χ1v) is 7.88. The standard InChI is InChI=1S/C19H22N2O/c1-3-4-5-6-13-21-18(12-11-17(14-20)19(21)22)16-9-7-15(2)8-10-16/h7-12H,3-6,13H2,1-2H3. The van der Waals surface area contributed by atoms with Crippen LogP contribution in [0.1, 0.15) is 43.7 Å². The molecular weight excluding hydrogens is 272 g/mol. The molecule has 114 valence electrons. The van der Waals surface area contributed by atoms with Gasteiger partial charge in [0.05, 0.1) is 5.69 Å². The second kappa shape index (κ2) is 7.61. The number of nitriles is 1. The fraction of sp³-hybridized carbons (Fsp3) is 0.368. The monoisotopic (exact) mass is 294 g/mol. The SMILES string of the molecule is CCCCCCn1c(-c2ccc(C)cc2)ccc(C#N)c1=O. The second-order valence-electron chi connectivity index (χ2n) is 5.63. The summed E-state index contributed by atoms with van der Waals surface area (Å²) in [6.45, 7) is 4.87. The minimum Gasteiger partial charge on any atom is -0.307 e. The molecule has 1 aromatic carbocycles. The highest BCUT2D eigenvalue weighted by Gasteiger charge is 2.10. The van der Waals surface area contributed by atoms with Gasteiger partial charge in [0, 0.05) is 6.54 Å². The van der Waals surface area contributed by atoms with Crippen molar-refractivity contribution in [3.8, 4) is 17.3 Å². The minimum atomic E-state index is -0.183. The maximum atomic E-state index is 12.5. The number of hydrogen-bond acceptors (Lipinski definition) is 2. The molecule has 0 aliphatic rings. The van der Waals surface area contributed by atoms with Gasteiger partial charge in [0.15, 0.2) is 0 Å². The lowest BCUT2D eigenvalue weighted by Gasteiger charge is -2.13. The second-order valence-corrected chi connectivity index (χ2v) is 5.63. The Hall–Kier alpha value is -2.34. The van der Waals surface area contributed by atoms with Crippen molar-refractivity contribution in [2.24, 2.45) is 0 Å². The van der Waals surface area contributed by atoms with E-state index in [2.05, 4.69) is 6.92 Å². The summed E-state index contributed by atoms with van der Waals surface area (Å²) in [5.74, 6) is 0. The van der Waals surface area contributed by atoms with Gasteiger partial charge in [-0.2, -0.15) is 5.26 Å². The minimum absolute atomic E-state index is 0.183. The van der Waals surface area contributed by atoms with E-state index in [9.17, 15) is 4.79 Å². The molecule has 0 fully saturated rings. The molecular formula is C19H22N2O. The van der Waals surface area contributed by atoms with E-state index in [1.165, 1.54) is 12.0 Å². The van der Waals surface area contributed by atoms with E-state index in [0.29, 0.717) is 6.54 Å². The van der Waals surface area contributed by atoms with Crippen LogP contribution in [0.3, 0.4) is 0 Å². The molecule has 0 amide bonds. The number of pyridine rings is 1. The van der Waals surface area contributed by atoms with Crippen molar-refractivity contribution in [3.05, 3.63) is 57.9 Å². The highest BCUT2D eigenvalue weighted by atomic mass is 16.1. The maximum absolute atomic E-state index is 12.5. The van der Waals surface area contributed by atoms with E-state index in [4.69, 9.17) is 5.26 Å². The van der Waals surface area contributed by atoms with E-state index >= 15 is 0 Å². The van der Waals surface area contributed by atoms with Crippen LogP contribution in [0.15, 0.2) is 41.2 Å². The molecule has 0 aliphatic carbocycles. The molecule has 0 bridgehead atoms. The Morgan fingerprint density at radius 2 is 1.77 bits per heavy atom. The van der Waals surface area contributed by atoms with Crippen LogP contribution in [0.4, 0.5) is 0 Å². The van der Waals surface area contributed by atoms with Crippen molar-refractivity contribution in [2.45, 2.75) is 46.1 Å². The summed E-state index contributed by atoms with van der Waals surface area (Å²) >= 11 is 0. The Morgan fingerprint density at radius 1 is 1.05 bits per heavy atom. The molecule has 22 heavy (non-hydrogen) atoms. The first kappa shape index (κ1) is 16.0. The molecule has 0 N–H and O–H groups in total. The third-order valence-corrected chi connectivity index (χ3v) is 3.88. The van der Waals surface area contributed by atoms with Gasteiger partial charge in [0.25, 0.3) is 5.56 Å². The van der Waals surface area contributed by atoms with Crippen LogP contribution in [0, 0.1) is 18.3 Å². The molecule has 0 unspecified atom stereocenters. The molecule has 0 spiro atoms. The predicted molar refractivity (Wildman–Crippen MR) is 89.7 cm³/mol. The van der Waals surface area contributed by atoms with E-state index in [1.807, 2.05) is 43.3 Å². The van der Waals surface area contributed by atoms with Crippen LogP contribution < -0.4 is 5.56 Å². The molecule has 2 rings (SSSR count). The first-order valence-electron chi connectivity index (χ1n) is 7.88. The van der Waals surface area contributed by atoms with Gasteiger partial charge in [-0.25, -0.2) is 0 Å². The first-order chi connectivity index (χ1) is 10.7. The van der Waals surface area contributed by atoms with E-state index in [0.717, 1.165) is 30.5 Å².